The first-order valence-electron chi connectivity index (χ1n) is 5.30. The number of nitrogens with zero attached hydrogens (tertiary/aromatic N) is 1. The molecule has 1 fully saturated rings. The van der Waals surface area contributed by atoms with Crippen LogP contribution in [0, 0.1) is 10.1 Å². The second kappa shape index (κ2) is 5.13. The maximum atomic E-state index is 11.6. The number of benzene rings is 1. The minimum Gasteiger partial charge on any atom is -0.865 e. The lowest BCUT2D eigenvalue weighted by molar-refractivity contribution is -0.398. The fourth-order valence-corrected chi connectivity index (χ4v) is 1.83. The zero-order chi connectivity index (χ0) is 14.9. The molecule has 1 saturated heterocycles. The fraction of sp³-hybridized carbons (Fsp3) is 0.0909. The molecule has 0 bridgehead atoms. The topological polar surface area (TPSA) is 117 Å². The Kier molecular flexibility index (Phi) is 3.53. The lowest BCUT2D eigenvalue weighted by atomic mass is 10.1. The summed E-state index contributed by atoms with van der Waals surface area (Å²) in [4.78, 5) is 21.5. The molecule has 2 N–H and O–H groups in total. The molecule has 0 aromatic heterocycles. The van der Waals surface area contributed by atoms with Crippen LogP contribution < -0.4 is 20.5 Å². The van der Waals surface area contributed by atoms with Gasteiger partial charge in [-0.3, -0.25) is 20.2 Å². The summed E-state index contributed by atoms with van der Waals surface area (Å²) in [6.07, 6.45) is 1.34. The molecule has 104 valence electrons. The molecule has 1 aliphatic rings. The Balaban J connectivity index is 2.50. The number of carbonyl (C=O) groups excluding carboxylic acids is 1. The van der Waals surface area contributed by atoms with E-state index in [9.17, 15) is 20.0 Å². The Labute approximate surface area is 118 Å². The highest BCUT2D eigenvalue weighted by atomic mass is 32.1. The highest BCUT2D eigenvalue weighted by molar-refractivity contribution is 7.80. The number of rotatable bonds is 3. The van der Waals surface area contributed by atoms with E-state index >= 15 is 0 Å². The van der Waals surface area contributed by atoms with Crippen molar-refractivity contribution in [1.29, 1.82) is 0 Å². The van der Waals surface area contributed by atoms with Gasteiger partial charge in [-0.05, 0) is 29.9 Å². The first-order chi connectivity index (χ1) is 9.42. The summed E-state index contributed by atoms with van der Waals surface area (Å²) in [5.74, 6) is -1.45. The van der Waals surface area contributed by atoms with Crippen LogP contribution in [-0.4, -0.2) is 23.1 Å². The number of amides is 1. The Morgan fingerprint density at radius 1 is 1.40 bits per heavy atom. The van der Waals surface area contributed by atoms with Gasteiger partial charge < -0.3 is 15.2 Å². The number of nitro benzene ring substituents is 1. The molecule has 0 atom stereocenters. The van der Waals surface area contributed by atoms with E-state index in [1.54, 1.807) is 0 Å². The molecule has 1 amide bonds. The number of nitro groups is 1. The number of methoxy groups -OCH3 is 1. The van der Waals surface area contributed by atoms with Crippen molar-refractivity contribution in [2.45, 2.75) is 0 Å². The summed E-state index contributed by atoms with van der Waals surface area (Å²) >= 11 is 4.76. The molecule has 20 heavy (non-hydrogen) atoms. The van der Waals surface area contributed by atoms with Gasteiger partial charge in [-0.15, -0.1) is 0 Å². The fourth-order valence-electron chi connectivity index (χ4n) is 1.63. The summed E-state index contributed by atoms with van der Waals surface area (Å²) in [6.45, 7) is 0. The van der Waals surface area contributed by atoms with E-state index in [4.69, 9.17) is 17.0 Å². The molecule has 0 aliphatic carbocycles. The third-order valence-corrected chi connectivity index (χ3v) is 2.71. The van der Waals surface area contributed by atoms with Crippen molar-refractivity contribution in [3.8, 4) is 11.5 Å². The second-order valence-electron chi connectivity index (χ2n) is 3.79. The summed E-state index contributed by atoms with van der Waals surface area (Å²) in [6, 6.07) is 2.37. The Morgan fingerprint density at radius 2 is 2.10 bits per heavy atom. The van der Waals surface area contributed by atoms with Crippen LogP contribution in [-0.2, 0) is 4.79 Å². The predicted octanol–water partition coefficient (Wildman–Crippen LogP) is 0.0222. The van der Waals surface area contributed by atoms with Crippen molar-refractivity contribution in [3.05, 3.63) is 33.5 Å². The zero-order valence-corrected chi connectivity index (χ0v) is 10.9. The number of ether oxygens (including phenoxy) is 1. The molecule has 8 nitrogen and oxygen atoms in total. The lowest BCUT2D eigenvalue weighted by Crippen LogP contribution is -2.21. The van der Waals surface area contributed by atoms with Gasteiger partial charge in [0.05, 0.1) is 12.0 Å². The minimum absolute atomic E-state index is 0.130. The third-order valence-electron chi connectivity index (χ3n) is 2.51. The van der Waals surface area contributed by atoms with Crippen molar-refractivity contribution in [2.24, 2.45) is 0 Å². The van der Waals surface area contributed by atoms with Gasteiger partial charge in [0.25, 0.3) is 11.6 Å². The third kappa shape index (κ3) is 2.52. The van der Waals surface area contributed by atoms with Crippen molar-refractivity contribution in [3.63, 3.8) is 0 Å². The summed E-state index contributed by atoms with van der Waals surface area (Å²) in [5.41, 5.74) is -0.224. The number of nitrogens with one attached hydrogen (secondary N) is 2. The van der Waals surface area contributed by atoms with E-state index in [-0.39, 0.29) is 22.1 Å². The summed E-state index contributed by atoms with van der Waals surface area (Å²) < 4.78 is 4.80. The normalized spacial score (nSPS) is 15.9. The van der Waals surface area contributed by atoms with E-state index in [1.165, 1.54) is 19.3 Å². The van der Waals surface area contributed by atoms with Gasteiger partial charge in [-0.1, -0.05) is 0 Å². The van der Waals surface area contributed by atoms with Crippen molar-refractivity contribution in [2.75, 3.05) is 7.11 Å². The van der Waals surface area contributed by atoms with Gasteiger partial charge in [0, 0.05) is 11.8 Å². The van der Waals surface area contributed by atoms with Crippen LogP contribution in [0.1, 0.15) is 5.56 Å². The van der Waals surface area contributed by atoms with E-state index in [0.717, 1.165) is 6.07 Å². The van der Waals surface area contributed by atoms with Crippen LogP contribution in [0.5, 0.6) is 11.5 Å². The van der Waals surface area contributed by atoms with Gasteiger partial charge in [-0.2, -0.15) is 0 Å². The summed E-state index contributed by atoms with van der Waals surface area (Å²) in [7, 11) is 1.23. The molecule has 9 heteroatoms. The van der Waals surface area contributed by atoms with Crippen LogP contribution >= 0.6 is 12.2 Å². The smallest absolute Gasteiger partial charge is 0.273 e. The Morgan fingerprint density at radius 3 is 2.60 bits per heavy atom. The highest BCUT2D eigenvalue weighted by Gasteiger charge is 2.21. The van der Waals surface area contributed by atoms with Crippen LogP contribution in [0.4, 0.5) is 5.69 Å². The quantitative estimate of drug-likeness (QED) is 0.349. The minimum atomic E-state index is -0.820. The highest BCUT2D eigenvalue weighted by Crippen LogP contribution is 2.35. The van der Waals surface area contributed by atoms with E-state index in [0.29, 0.717) is 0 Å². The Hall–Kier alpha value is -2.68. The van der Waals surface area contributed by atoms with Crippen molar-refractivity contribution < 1.29 is 19.6 Å². The van der Waals surface area contributed by atoms with Gasteiger partial charge in [0.1, 0.15) is 11.4 Å². The maximum Gasteiger partial charge on any atom is 0.273 e. The van der Waals surface area contributed by atoms with Crippen LogP contribution in [0.2, 0.25) is 0 Å². The lowest BCUT2D eigenvalue weighted by Gasteiger charge is -2.13. The van der Waals surface area contributed by atoms with Gasteiger partial charge in [-0.25, -0.2) is 0 Å². The average Bonchev–Trinajstić information content (AvgIpc) is 2.69. The molecular weight excluding hydrogens is 286 g/mol. The Bertz CT molecular complexity index is 656. The largest absolute Gasteiger partial charge is 0.865 e. The molecule has 0 unspecified atom stereocenters. The van der Waals surface area contributed by atoms with E-state index in [1.807, 2.05) is 0 Å². The monoisotopic (exact) mass is 294 g/mol. The molecule has 1 aromatic rings. The average molecular weight is 294 g/mol. The van der Waals surface area contributed by atoms with E-state index < -0.39 is 22.3 Å². The molecule has 2 rings (SSSR count). The number of thiocarbonyl (C=S) groups is 1. The van der Waals surface area contributed by atoms with Crippen LogP contribution in [0.25, 0.3) is 6.08 Å². The number of carbonyl (C=O) groups is 1. The predicted molar refractivity (Wildman–Crippen MR) is 70.9 cm³/mol. The van der Waals surface area contributed by atoms with Crippen LogP contribution in [0.15, 0.2) is 17.8 Å². The standard InChI is InChI=1S/C11H9N3O5S/c1-19-8-4-5(3-7(9(8)15)14(17)18)2-6-10(16)13-11(20)12-6/h2-4,15H,1H3,(H2,12,13,16,20)/p-1. The first-order valence-corrected chi connectivity index (χ1v) is 5.70. The van der Waals surface area contributed by atoms with Gasteiger partial charge in [0.2, 0.25) is 0 Å². The molecule has 1 aliphatic heterocycles. The van der Waals surface area contributed by atoms with Gasteiger partial charge >= 0.3 is 0 Å². The maximum absolute atomic E-state index is 11.6. The van der Waals surface area contributed by atoms with Gasteiger partial charge in [0.15, 0.2) is 5.11 Å². The molecule has 0 spiro atoms. The first kappa shape index (κ1) is 13.7. The number of hydrogen-bond acceptors (Lipinski definition) is 6. The zero-order valence-electron chi connectivity index (χ0n) is 10.1. The van der Waals surface area contributed by atoms with Crippen LogP contribution in [0.3, 0.4) is 0 Å². The molecule has 1 aromatic carbocycles. The molecular formula is C11H8N3O5S-. The van der Waals surface area contributed by atoms with E-state index in [2.05, 4.69) is 10.6 Å². The molecule has 0 radical (unpaired) electrons. The SMILES string of the molecule is COc1cc(C=C2NC(=S)NC2=O)cc([N+](=O)[O-])c1[O-]. The summed E-state index contributed by atoms with van der Waals surface area (Å²) in [5, 5.41) is 27.5. The van der Waals surface area contributed by atoms with Crippen molar-refractivity contribution >= 4 is 35.0 Å². The van der Waals surface area contributed by atoms with Crippen molar-refractivity contribution in [1.82, 2.24) is 10.6 Å². The second-order valence-corrected chi connectivity index (χ2v) is 4.20. The molecule has 1 heterocycles. The number of hydrogen-bond donors (Lipinski definition) is 2. The molecule has 0 saturated carbocycles.